The molecule has 1 amide bonds. The zero-order valence-corrected chi connectivity index (χ0v) is 12.5. The minimum Gasteiger partial charge on any atom is -0.478 e. The van der Waals surface area contributed by atoms with Crippen molar-refractivity contribution in [1.29, 1.82) is 0 Å². The summed E-state index contributed by atoms with van der Waals surface area (Å²) >= 11 is 0. The van der Waals surface area contributed by atoms with Gasteiger partial charge in [0.1, 0.15) is 5.82 Å². The smallest absolute Gasteiger partial charge is 0.220 e. The van der Waals surface area contributed by atoms with Gasteiger partial charge in [-0.25, -0.2) is 9.37 Å². The van der Waals surface area contributed by atoms with Crippen LogP contribution >= 0.6 is 0 Å². The summed E-state index contributed by atoms with van der Waals surface area (Å²) in [5, 5.41) is 2.81. The van der Waals surface area contributed by atoms with Crippen LogP contribution in [0.5, 0.6) is 5.88 Å². The van der Waals surface area contributed by atoms with Gasteiger partial charge in [0.05, 0.1) is 6.61 Å². The first-order chi connectivity index (χ1) is 10.7. The van der Waals surface area contributed by atoms with Gasteiger partial charge in [-0.3, -0.25) is 4.79 Å². The molecule has 116 valence electrons. The van der Waals surface area contributed by atoms with Gasteiger partial charge in [-0.15, -0.1) is 0 Å². The molecule has 1 N–H and O–H groups in total. The van der Waals surface area contributed by atoms with Crippen LogP contribution in [-0.4, -0.2) is 17.5 Å². The summed E-state index contributed by atoms with van der Waals surface area (Å²) in [6.45, 7) is 2.75. The van der Waals surface area contributed by atoms with Crippen molar-refractivity contribution < 1.29 is 13.9 Å². The van der Waals surface area contributed by atoms with Gasteiger partial charge in [0.15, 0.2) is 0 Å². The Hall–Kier alpha value is -2.43. The van der Waals surface area contributed by atoms with Crippen LogP contribution in [0.1, 0.15) is 24.5 Å². The van der Waals surface area contributed by atoms with E-state index in [0.717, 1.165) is 5.56 Å². The number of aromatic nitrogens is 1. The van der Waals surface area contributed by atoms with E-state index in [1.165, 1.54) is 6.07 Å². The second-order valence-electron chi connectivity index (χ2n) is 4.77. The summed E-state index contributed by atoms with van der Waals surface area (Å²) in [4.78, 5) is 16.0. The highest BCUT2D eigenvalue weighted by Crippen LogP contribution is 2.14. The topological polar surface area (TPSA) is 51.2 Å². The van der Waals surface area contributed by atoms with Gasteiger partial charge in [0, 0.05) is 24.7 Å². The molecule has 0 saturated carbocycles. The standard InChI is InChI=1S/C17H19FN2O2/c1-2-22-17-14(7-5-11-19-17)12-20-16(21)10-9-13-6-3-4-8-15(13)18/h3-8,11H,2,9-10,12H2,1H3,(H,20,21). The monoisotopic (exact) mass is 302 g/mol. The van der Waals surface area contributed by atoms with E-state index in [0.29, 0.717) is 31.0 Å². The third-order valence-corrected chi connectivity index (χ3v) is 3.19. The SMILES string of the molecule is CCOc1ncccc1CNC(=O)CCc1ccccc1F. The van der Waals surface area contributed by atoms with Crippen molar-refractivity contribution in [2.24, 2.45) is 0 Å². The average Bonchev–Trinajstić information content (AvgIpc) is 2.53. The van der Waals surface area contributed by atoms with Crippen LogP contribution in [0.3, 0.4) is 0 Å². The van der Waals surface area contributed by atoms with Crippen LogP contribution in [0, 0.1) is 5.82 Å². The molecule has 0 radical (unpaired) electrons. The van der Waals surface area contributed by atoms with Crippen molar-refractivity contribution in [3.63, 3.8) is 0 Å². The zero-order valence-electron chi connectivity index (χ0n) is 12.5. The third kappa shape index (κ3) is 4.55. The maximum Gasteiger partial charge on any atom is 0.220 e. The molecule has 0 aliphatic carbocycles. The summed E-state index contributed by atoms with van der Waals surface area (Å²) in [6, 6.07) is 10.1. The molecule has 2 aromatic rings. The third-order valence-electron chi connectivity index (χ3n) is 3.19. The maximum absolute atomic E-state index is 13.5. The van der Waals surface area contributed by atoms with Crippen molar-refractivity contribution in [1.82, 2.24) is 10.3 Å². The van der Waals surface area contributed by atoms with Crippen molar-refractivity contribution in [3.05, 3.63) is 59.5 Å². The Bertz CT molecular complexity index is 632. The number of nitrogens with zero attached hydrogens (tertiary/aromatic N) is 1. The largest absolute Gasteiger partial charge is 0.478 e. The highest BCUT2D eigenvalue weighted by molar-refractivity contribution is 5.76. The fourth-order valence-electron chi connectivity index (χ4n) is 2.06. The molecule has 4 nitrogen and oxygen atoms in total. The molecule has 0 spiro atoms. The molecule has 22 heavy (non-hydrogen) atoms. The summed E-state index contributed by atoms with van der Waals surface area (Å²) in [5.41, 5.74) is 1.37. The molecule has 0 unspecified atom stereocenters. The second kappa shape index (κ2) is 8.12. The molecular formula is C17H19FN2O2. The fourth-order valence-corrected chi connectivity index (χ4v) is 2.06. The normalized spacial score (nSPS) is 10.3. The van der Waals surface area contributed by atoms with Crippen LogP contribution in [0.4, 0.5) is 4.39 Å². The molecule has 0 bridgehead atoms. The van der Waals surface area contributed by atoms with Crippen molar-refractivity contribution in [2.75, 3.05) is 6.61 Å². The lowest BCUT2D eigenvalue weighted by molar-refractivity contribution is -0.121. The average molecular weight is 302 g/mol. The number of carbonyl (C=O) groups excluding carboxylic acids is 1. The molecule has 0 saturated heterocycles. The summed E-state index contributed by atoms with van der Waals surface area (Å²) < 4.78 is 18.9. The first-order valence-electron chi connectivity index (χ1n) is 7.27. The van der Waals surface area contributed by atoms with E-state index in [-0.39, 0.29) is 18.1 Å². The molecule has 5 heteroatoms. The number of aryl methyl sites for hydroxylation is 1. The van der Waals surface area contributed by atoms with Gasteiger partial charge < -0.3 is 10.1 Å². The minimum atomic E-state index is -0.277. The minimum absolute atomic E-state index is 0.130. The van der Waals surface area contributed by atoms with Gasteiger partial charge >= 0.3 is 0 Å². The molecule has 0 atom stereocenters. The van der Waals surface area contributed by atoms with Gasteiger partial charge in [-0.2, -0.15) is 0 Å². The molecule has 0 aliphatic heterocycles. The highest BCUT2D eigenvalue weighted by atomic mass is 19.1. The number of hydrogen-bond donors (Lipinski definition) is 1. The number of nitrogens with one attached hydrogen (secondary N) is 1. The Kier molecular flexibility index (Phi) is 5.89. The zero-order chi connectivity index (χ0) is 15.8. The predicted molar refractivity (Wildman–Crippen MR) is 82.0 cm³/mol. The molecule has 1 heterocycles. The van der Waals surface area contributed by atoms with E-state index in [2.05, 4.69) is 10.3 Å². The van der Waals surface area contributed by atoms with Gasteiger partial charge in [0.25, 0.3) is 0 Å². The number of hydrogen-bond acceptors (Lipinski definition) is 3. The van der Waals surface area contributed by atoms with E-state index >= 15 is 0 Å². The van der Waals surface area contributed by atoms with Crippen molar-refractivity contribution in [2.45, 2.75) is 26.3 Å². The predicted octanol–water partition coefficient (Wildman–Crippen LogP) is 2.87. The summed E-state index contributed by atoms with van der Waals surface area (Å²) in [5.74, 6) is 0.121. The van der Waals surface area contributed by atoms with Crippen LogP contribution in [-0.2, 0) is 17.8 Å². The molecule has 1 aromatic heterocycles. The van der Waals surface area contributed by atoms with Crippen LogP contribution in [0.25, 0.3) is 0 Å². The Balaban J connectivity index is 1.84. The van der Waals surface area contributed by atoms with Crippen LogP contribution in [0.2, 0.25) is 0 Å². The Morgan fingerprint density at radius 3 is 2.77 bits per heavy atom. The van der Waals surface area contributed by atoms with Crippen LogP contribution < -0.4 is 10.1 Å². The summed E-state index contributed by atoms with van der Waals surface area (Å²) in [7, 11) is 0. The van der Waals surface area contributed by atoms with E-state index < -0.39 is 0 Å². The lowest BCUT2D eigenvalue weighted by Crippen LogP contribution is -2.23. The number of amides is 1. The Labute approximate surface area is 129 Å². The number of benzene rings is 1. The summed E-state index contributed by atoms with van der Waals surface area (Å²) in [6.07, 6.45) is 2.27. The van der Waals surface area contributed by atoms with E-state index in [9.17, 15) is 9.18 Å². The van der Waals surface area contributed by atoms with Crippen LogP contribution in [0.15, 0.2) is 42.6 Å². The number of halogens is 1. The molecular weight excluding hydrogens is 283 g/mol. The maximum atomic E-state index is 13.5. The van der Waals surface area contributed by atoms with Crippen molar-refractivity contribution in [3.8, 4) is 5.88 Å². The Morgan fingerprint density at radius 1 is 1.23 bits per heavy atom. The van der Waals surface area contributed by atoms with Gasteiger partial charge in [0.2, 0.25) is 11.8 Å². The molecule has 0 fully saturated rings. The molecule has 1 aromatic carbocycles. The van der Waals surface area contributed by atoms with E-state index in [1.54, 1.807) is 30.5 Å². The number of pyridine rings is 1. The first-order valence-corrected chi connectivity index (χ1v) is 7.27. The Morgan fingerprint density at radius 2 is 2.00 bits per heavy atom. The molecule has 0 aliphatic rings. The first kappa shape index (κ1) is 15.9. The van der Waals surface area contributed by atoms with E-state index in [1.807, 2.05) is 13.0 Å². The quantitative estimate of drug-likeness (QED) is 0.855. The number of carbonyl (C=O) groups is 1. The fraction of sp³-hybridized carbons (Fsp3) is 0.294. The lowest BCUT2D eigenvalue weighted by Gasteiger charge is -2.10. The number of rotatable bonds is 7. The number of ether oxygens (including phenoxy) is 1. The highest BCUT2D eigenvalue weighted by Gasteiger charge is 2.08. The second-order valence-corrected chi connectivity index (χ2v) is 4.77. The van der Waals surface area contributed by atoms with Gasteiger partial charge in [-0.05, 0) is 31.0 Å². The van der Waals surface area contributed by atoms with E-state index in [4.69, 9.17) is 4.74 Å². The lowest BCUT2D eigenvalue weighted by atomic mass is 10.1. The van der Waals surface area contributed by atoms with Crippen molar-refractivity contribution >= 4 is 5.91 Å². The van der Waals surface area contributed by atoms with Gasteiger partial charge in [-0.1, -0.05) is 24.3 Å². The molecule has 2 rings (SSSR count).